The molecule has 0 aliphatic rings. The number of aromatic nitrogens is 2. The van der Waals surface area contributed by atoms with Crippen LogP contribution in [-0.4, -0.2) is 20.9 Å². The van der Waals surface area contributed by atoms with Gasteiger partial charge in [-0.15, -0.1) is 6.20 Å². The average molecular weight is 180 g/mol. The van der Waals surface area contributed by atoms with Crippen molar-refractivity contribution in [2.24, 2.45) is 7.05 Å². The van der Waals surface area contributed by atoms with Gasteiger partial charge in [-0.25, -0.2) is 0 Å². The maximum atomic E-state index is 10.2. The van der Waals surface area contributed by atoms with Gasteiger partial charge in [0, 0.05) is 24.1 Å². The minimum absolute atomic E-state index is 0. The summed E-state index contributed by atoms with van der Waals surface area (Å²) in [5.74, 6) is -0.980. The van der Waals surface area contributed by atoms with E-state index >= 15 is 0 Å². The molecule has 0 unspecified atom stereocenters. The number of carboxylic acids is 1. The van der Waals surface area contributed by atoms with Gasteiger partial charge in [0.25, 0.3) is 5.97 Å². The van der Waals surface area contributed by atoms with E-state index in [2.05, 4.69) is 11.3 Å². The van der Waals surface area contributed by atoms with E-state index in [0.29, 0.717) is 0 Å². The van der Waals surface area contributed by atoms with Gasteiger partial charge in [-0.3, -0.25) is 4.79 Å². The number of rotatable bonds is 1. The maximum absolute atomic E-state index is 10.2. The van der Waals surface area contributed by atoms with Crippen molar-refractivity contribution in [3.05, 3.63) is 18.0 Å². The molecule has 0 aliphatic heterocycles. The van der Waals surface area contributed by atoms with Crippen LogP contribution in [0.1, 0.15) is 10.5 Å². The summed E-state index contributed by atoms with van der Waals surface area (Å²) >= 11 is 0. The van der Waals surface area contributed by atoms with E-state index in [1.54, 1.807) is 7.05 Å². The molecule has 1 aromatic heterocycles. The summed E-state index contributed by atoms with van der Waals surface area (Å²) < 4.78 is 1.25. The second kappa shape index (κ2) is 3.39. The molecule has 0 bridgehead atoms. The predicted octanol–water partition coefficient (Wildman–Crippen LogP) is -0.0840. The predicted molar refractivity (Wildman–Crippen MR) is 29.0 cm³/mol. The summed E-state index contributed by atoms with van der Waals surface area (Å²) in [6, 6.07) is 1.32. The molecule has 1 rings (SSSR count). The Hall–Kier alpha value is -0.801. The van der Waals surface area contributed by atoms with Crippen LogP contribution in [0.2, 0.25) is 0 Å². The van der Waals surface area contributed by atoms with Gasteiger partial charge < -0.3 is 14.9 Å². The van der Waals surface area contributed by atoms with Crippen LogP contribution in [-0.2, 0) is 24.1 Å². The maximum Gasteiger partial charge on any atom is 0.269 e. The Morgan fingerprint density at radius 2 is 2.50 bits per heavy atom. The molecule has 0 atom stereocenters. The fourth-order valence-electron chi connectivity index (χ4n) is 0.524. The molecule has 0 fully saturated rings. The quantitative estimate of drug-likeness (QED) is 0.485. The van der Waals surface area contributed by atoms with Crippen LogP contribution in [0.25, 0.3) is 0 Å². The zero-order valence-corrected chi connectivity index (χ0v) is 6.39. The molecule has 0 saturated heterocycles. The van der Waals surface area contributed by atoms with E-state index in [9.17, 15) is 4.79 Å². The van der Waals surface area contributed by atoms with Gasteiger partial charge in [0.05, 0.1) is 0 Å². The Kier molecular flexibility index (Phi) is 3.12. The molecule has 0 aliphatic carbocycles. The number of aryl methyl sites for hydroxylation is 1. The molecule has 0 saturated carbocycles. The number of hydrogen-bond acceptors (Lipinski definition) is 2. The number of carbonyl (C=O) groups is 1. The van der Waals surface area contributed by atoms with E-state index < -0.39 is 5.97 Å². The van der Waals surface area contributed by atoms with Crippen LogP contribution in [0.3, 0.4) is 0 Å². The van der Waals surface area contributed by atoms with Gasteiger partial charge >= 0.3 is 0 Å². The fourth-order valence-corrected chi connectivity index (χ4v) is 0.524. The number of nitrogens with zero attached hydrogens (tertiary/aromatic N) is 2. The SMILES string of the molecule is Cn1n[c-]cc1C(=O)O.[Mn]. The van der Waals surface area contributed by atoms with Crippen molar-refractivity contribution in [2.75, 3.05) is 0 Å². The zero-order chi connectivity index (χ0) is 6.85. The zero-order valence-electron chi connectivity index (χ0n) is 5.21. The minimum atomic E-state index is -0.980. The third-order valence-electron chi connectivity index (χ3n) is 0.977. The normalized spacial score (nSPS) is 8.50. The van der Waals surface area contributed by atoms with Crippen molar-refractivity contribution in [1.29, 1.82) is 0 Å². The van der Waals surface area contributed by atoms with E-state index in [-0.39, 0.29) is 22.8 Å². The Bertz CT molecular complexity index is 233. The Labute approximate surface area is 68.3 Å². The summed E-state index contributed by atoms with van der Waals surface area (Å²) in [5.41, 5.74) is 0.148. The molecule has 1 heterocycles. The molecule has 1 N–H and O–H groups in total. The summed E-state index contributed by atoms with van der Waals surface area (Å²) in [6.45, 7) is 0. The smallest absolute Gasteiger partial charge is 0.269 e. The second-order valence-corrected chi connectivity index (χ2v) is 1.59. The Morgan fingerprint density at radius 3 is 2.70 bits per heavy atom. The van der Waals surface area contributed by atoms with Gasteiger partial charge in [0.2, 0.25) is 0 Å². The van der Waals surface area contributed by atoms with Crippen molar-refractivity contribution in [1.82, 2.24) is 9.78 Å². The monoisotopic (exact) mass is 180 g/mol. The summed E-state index contributed by atoms with van der Waals surface area (Å²) in [6.07, 6.45) is 2.41. The van der Waals surface area contributed by atoms with E-state index in [4.69, 9.17) is 5.11 Å². The first-order valence-electron chi connectivity index (χ1n) is 2.35. The third kappa shape index (κ3) is 1.59. The van der Waals surface area contributed by atoms with Gasteiger partial charge in [0.15, 0.2) is 0 Å². The standard InChI is InChI=1S/C5H5N2O2.Mn/c1-7-4(5(8)9)2-3-6-7;/h2H,1H3,(H,8,9);/q-1;. The second-order valence-electron chi connectivity index (χ2n) is 1.59. The molecule has 10 heavy (non-hydrogen) atoms. The molecule has 55 valence electrons. The van der Waals surface area contributed by atoms with Crippen LogP contribution in [0.5, 0.6) is 0 Å². The average Bonchev–Trinajstić information content (AvgIpc) is 2.13. The van der Waals surface area contributed by atoms with Gasteiger partial charge in [-0.1, -0.05) is 0 Å². The van der Waals surface area contributed by atoms with E-state index in [1.165, 1.54) is 10.7 Å². The molecule has 0 amide bonds. The molecular formula is C5H5MnN2O2-. The van der Waals surface area contributed by atoms with Gasteiger partial charge in [-0.2, -0.15) is 6.07 Å². The topological polar surface area (TPSA) is 55.1 Å². The van der Waals surface area contributed by atoms with Gasteiger partial charge in [0.1, 0.15) is 0 Å². The van der Waals surface area contributed by atoms with E-state index in [0.717, 1.165) is 0 Å². The van der Waals surface area contributed by atoms with Crippen LogP contribution < -0.4 is 0 Å². The molecule has 0 aromatic carbocycles. The summed E-state index contributed by atoms with van der Waals surface area (Å²) in [5, 5.41) is 11.9. The minimum Gasteiger partial charge on any atom is -0.490 e. The van der Waals surface area contributed by atoms with Crippen LogP contribution >= 0.6 is 0 Å². The first-order chi connectivity index (χ1) is 4.22. The fraction of sp³-hybridized carbons (Fsp3) is 0.200. The molecule has 1 radical (unpaired) electrons. The molecule has 0 spiro atoms. The number of hydrogen-bond donors (Lipinski definition) is 1. The molecular weight excluding hydrogens is 175 g/mol. The molecule has 4 nitrogen and oxygen atoms in total. The van der Waals surface area contributed by atoms with E-state index in [1.807, 2.05) is 0 Å². The molecule has 5 heteroatoms. The molecule has 1 aromatic rings. The largest absolute Gasteiger partial charge is 0.490 e. The third-order valence-corrected chi connectivity index (χ3v) is 0.977. The first kappa shape index (κ1) is 9.20. The van der Waals surface area contributed by atoms with Crippen LogP contribution in [0.15, 0.2) is 6.07 Å². The van der Waals surface area contributed by atoms with Crippen molar-refractivity contribution >= 4 is 5.97 Å². The van der Waals surface area contributed by atoms with Crippen molar-refractivity contribution in [3.63, 3.8) is 0 Å². The summed E-state index contributed by atoms with van der Waals surface area (Å²) in [4.78, 5) is 10.2. The van der Waals surface area contributed by atoms with Crippen molar-refractivity contribution < 1.29 is 27.0 Å². The van der Waals surface area contributed by atoms with Gasteiger partial charge in [-0.05, 0) is 5.69 Å². The van der Waals surface area contributed by atoms with Crippen LogP contribution in [0, 0.1) is 6.20 Å². The van der Waals surface area contributed by atoms with Crippen molar-refractivity contribution in [2.45, 2.75) is 0 Å². The van der Waals surface area contributed by atoms with Crippen LogP contribution in [0.4, 0.5) is 0 Å². The first-order valence-corrected chi connectivity index (χ1v) is 2.35. The number of aromatic carboxylic acids is 1. The Balaban J connectivity index is 0.000000810. The number of carboxylic acid groups (broad SMARTS) is 1. The van der Waals surface area contributed by atoms with Crippen molar-refractivity contribution in [3.8, 4) is 0 Å². The Morgan fingerprint density at radius 1 is 1.90 bits per heavy atom. The summed E-state index contributed by atoms with van der Waals surface area (Å²) in [7, 11) is 1.56.